The molecule has 0 unspecified atom stereocenters. The lowest BCUT2D eigenvalue weighted by atomic mass is 10.1. The van der Waals surface area contributed by atoms with Crippen LogP contribution in [-0.4, -0.2) is 27.2 Å². The number of nitrogens with zero attached hydrogens (tertiary/aromatic N) is 1. The third-order valence-electron chi connectivity index (χ3n) is 3.48. The van der Waals surface area contributed by atoms with Gasteiger partial charge in [0, 0.05) is 0 Å². The molecule has 0 aliphatic carbocycles. The summed E-state index contributed by atoms with van der Waals surface area (Å²) in [5, 5.41) is 0. The fourth-order valence-corrected chi connectivity index (χ4v) is 3.19. The van der Waals surface area contributed by atoms with Crippen molar-refractivity contribution in [3.63, 3.8) is 0 Å². The molecule has 2 aromatic rings. The first kappa shape index (κ1) is 18.0. The number of anilines is 1. The predicted molar refractivity (Wildman–Crippen MR) is 94.6 cm³/mol. The fourth-order valence-electron chi connectivity index (χ4n) is 2.31. The monoisotopic (exact) mass is 347 g/mol. The van der Waals surface area contributed by atoms with E-state index in [4.69, 9.17) is 4.74 Å². The molecule has 0 fully saturated rings. The Kier molecular flexibility index (Phi) is 5.62. The molecule has 0 atom stereocenters. The van der Waals surface area contributed by atoms with E-state index < -0.39 is 10.0 Å². The van der Waals surface area contributed by atoms with Crippen molar-refractivity contribution in [2.75, 3.05) is 17.2 Å². The largest absolute Gasteiger partial charge is 0.462 e. The summed E-state index contributed by atoms with van der Waals surface area (Å²) >= 11 is 0. The lowest BCUT2D eigenvalue weighted by Gasteiger charge is -2.23. The quantitative estimate of drug-likeness (QED) is 0.753. The van der Waals surface area contributed by atoms with E-state index in [1.54, 1.807) is 37.3 Å². The van der Waals surface area contributed by atoms with Crippen LogP contribution in [0.1, 0.15) is 28.4 Å². The summed E-state index contributed by atoms with van der Waals surface area (Å²) in [5.41, 5.74) is 2.84. The molecule has 0 N–H and O–H groups in total. The minimum atomic E-state index is -3.43. The minimum absolute atomic E-state index is 0.200. The Labute approximate surface area is 142 Å². The van der Waals surface area contributed by atoms with Crippen LogP contribution in [0.3, 0.4) is 0 Å². The van der Waals surface area contributed by atoms with E-state index in [1.165, 1.54) is 10.6 Å². The predicted octanol–water partition coefficient (Wildman–Crippen LogP) is 3.14. The summed E-state index contributed by atoms with van der Waals surface area (Å²) in [6.45, 7) is 4.18. The minimum Gasteiger partial charge on any atom is -0.462 e. The van der Waals surface area contributed by atoms with E-state index in [0.717, 1.165) is 11.1 Å². The smallest absolute Gasteiger partial charge is 0.338 e. The molecule has 0 spiro atoms. The van der Waals surface area contributed by atoms with Crippen molar-refractivity contribution in [1.29, 1.82) is 0 Å². The zero-order valence-electron chi connectivity index (χ0n) is 14.0. The first-order valence-corrected chi connectivity index (χ1v) is 9.46. The second-order valence-corrected chi connectivity index (χ2v) is 7.43. The van der Waals surface area contributed by atoms with Crippen LogP contribution in [0.5, 0.6) is 0 Å². The number of ether oxygens (including phenoxy) is 1. The Morgan fingerprint density at radius 3 is 2.33 bits per heavy atom. The highest BCUT2D eigenvalue weighted by Gasteiger charge is 2.18. The standard InChI is InChI=1S/C18H21NO4S/c1-4-23-18(20)16-10-8-15(9-11-16)13-19(24(3,21)22)17-7-5-6-14(2)12-17/h5-12H,4,13H2,1-3H3. The zero-order valence-corrected chi connectivity index (χ0v) is 14.8. The van der Waals surface area contributed by atoms with Crippen LogP contribution in [-0.2, 0) is 21.3 Å². The molecule has 128 valence electrons. The lowest BCUT2D eigenvalue weighted by Crippen LogP contribution is -2.29. The average Bonchev–Trinajstić information content (AvgIpc) is 2.52. The second kappa shape index (κ2) is 7.49. The summed E-state index contributed by atoms with van der Waals surface area (Å²) in [6.07, 6.45) is 1.18. The molecular formula is C18H21NO4S. The van der Waals surface area contributed by atoms with Crippen molar-refractivity contribution in [1.82, 2.24) is 0 Å². The first-order chi connectivity index (χ1) is 11.3. The van der Waals surface area contributed by atoms with E-state index in [2.05, 4.69) is 0 Å². The summed E-state index contributed by atoms with van der Waals surface area (Å²) in [4.78, 5) is 11.7. The molecule has 2 aromatic carbocycles. The van der Waals surface area contributed by atoms with Crippen LogP contribution in [0.25, 0.3) is 0 Å². The highest BCUT2D eigenvalue weighted by atomic mass is 32.2. The van der Waals surface area contributed by atoms with Crippen LogP contribution >= 0.6 is 0 Å². The molecule has 6 heteroatoms. The molecule has 0 saturated carbocycles. The molecule has 0 heterocycles. The number of aryl methyl sites for hydroxylation is 1. The van der Waals surface area contributed by atoms with Gasteiger partial charge in [-0.3, -0.25) is 4.31 Å². The van der Waals surface area contributed by atoms with Gasteiger partial charge in [-0.2, -0.15) is 0 Å². The Morgan fingerprint density at radius 2 is 1.79 bits per heavy atom. The molecule has 0 aliphatic heterocycles. The van der Waals surface area contributed by atoms with Crippen molar-refractivity contribution in [2.45, 2.75) is 20.4 Å². The molecule has 0 radical (unpaired) electrons. The van der Waals surface area contributed by atoms with Crippen molar-refractivity contribution in [2.24, 2.45) is 0 Å². The number of carbonyl (C=O) groups excluding carboxylic acids is 1. The SMILES string of the molecule is CCOC(=O)c1ccc(CN(c2cccc(C)c2)S(C)(=O)=O)cc1. The number of benzene rings is 2. The third kappa shape index (κ3) is 4.58. The highest BCUT2D eigenvalue weighted by molar-refractivity contribution is 7.92. The van der Waals surface area contributed by atoms with Crippen LogP contribution < -0.4 is 4.31 Å². The molecule has 24 heavy (non-hydrogen) atoms. The summed E-state index contributed by atoms with van der Waals surface area (Å²) < 4.78 is 30.6. The average molecular weight is 347 g/mol. The maximum absolute atomic E-state index is 12.2. The van der Waals surface area contributed by atoms with Gasteiger partial charge in [0.25, 0.3) is 0 Å². The van der Waals surface area contributed by atoms with E-state index in [1.807, 2.05) is 25.1 Å². The van der Waals surface area contributed by atoms with Gasteiger partial charge >= 0.3 is 5.97 Å². The number of hydrogen-bond donors (Lipinski definition) is 0. The summed E-state index contributed by atoms with van der Waals surface area (Å²) in [5.74, 6) is -0.386. The summed E-state index contributed by atoms with van der Waals surface area (Å²) in [6, 6.07) is 14.1. The van der Waals surface area contributed by atoms with Gasteiger partial charge in [0.2, 0.25) is 10.0 Å². The molecule has 5 nitrogen and oxygen atoms in total. The molecule has 0 aromatic heterocycles. The normalized spacial score (nSPS) is 11.1. The Morgan fingerprint density at radius 1 is 1.12 bits per heavy atom. The van der Waals surface area contributed by atoms with Crippen LogP contribution in [0.4, 0.5) is 5.69 Å². The van der Waals surface area contributed by atoms with Gasteiger partial charge in [-0.15, -0.1) is 0 Å². The molecular weight excluding hydrogens is 326 g/mol. The van der Waals surface area contributed by atoms with Crippen LogP contribution in [0, 0.1) is 6.92 Å². The number of carbonyl (C=O) groups is 1. The van der Waals surface area contributed by atoms with Gasteiger partial charge in [0.05, 0.1) is 30.7 Å². The Bertz CT molecular complexity index is 813. The summed E-state index contributed by atoms with van der Waals surface area (Å²) in [7, 11) is -3.43. The number of hydrogen-bond acceptors (Lipinski definition) is 4. The molecule has 0 amide bonds. The molecule has 0 saturated heterocycles. The maximum atomic E-state index is 12.2. The van der Waals surface area contributed by atoms with Gasteiger partial charge in [-0.25, -0.2) is 13.2 Å². The van der Waals surface area contributed by atoms with E-state index in [0.29, 0.717) is 17.9 Å². The van der Waals surface area contributed by atoms with Gasteiger partial charge in [-0.05, 0) is 49.2 Å². The van der Waals surface area contributed by atoms with E-state index in [-0.39, 0.29) is 12.5 Å². The van der Waals surface area contributed by atoms with Gasteiger partial charge in [0.1, 0.15) is 0 Å². The highest BCUT2D eigenvalue weighted by Crippen LogP contribution is 2.22. The molecule has 2 rings (SSSR count). The third-order valence-corrected chi connectivity index (χ3v) is 4.62. The van der Waals surface area contributed by atoms with E-state index in [9.17, 15) is 13.2 Å². The number of sulfonamides is 1. The fraction of sp³-hybridized carbons (Fsp3) is 0.278. The number of esters is 1. The van der Waals surface area contributed by atoms with Gasteiger partial charge < -0.3 is 4.74 Å². The van der Waals surface area contributed by atoms with Crippen molar-refractivity contribution < 1.29 is 17.9 Å². The lowest BCUT2D eigenvalue weighted by molar-refractivity contribution is 0.0526. The molecule has 0 aliphatic rings. The molecule has 0 bridgehead atoms. The van der Waals surface area contributed by atoms with Crippen LogP contribution in [0.15, 0.2) is 48.5 Å². The van der Waals surface area contributed by atoms with Crippen LogP contribution in [0.2, 0.25) is 0 Å². The maximum Gasteiger partial charge on any atom is 0.338 e. The Balaban J connectivity index is 2.26. The zero-order chi connectivity index (χ0) is 17.7. The number of rotatable bonds is 6. The van der Waals surface area contributed by atoms with Gasteiger partial charge in [0.15, 0.2) is 0 Å². The van der Waals surface area contributed by atoms with Crippen molar-refractivity contribution in [3.05, 3.63) is 65.2 Å². The van der Waals surface area contributed by atoms with Crippen molar-refractivity contribution >= 4 is 21.7 Å². The Hall–Kier alpha value is -2.34. The van der Waals surface area contributed by atoms with Crippen molar-refractivity contribution in [3.8, 4) is 0 Å². The van der Waals surface area contributed by atoms with E-state index >= 15 is 0 Å². The topological polar surface area (TPSA) is 63.7 Å². The second-order valence-electron chi connectivity index (χ2n) is 5.53. The van der Waals surface area contributed by atoms with Gasteiger partial charge in [-0.1, -0.05) is 24.3 Å². The first-order valence-electron chi connectivity index (χ1n) is 7.61.